The highest BCUT2D eigenvalue weighted by Gasteiger charge is 2.60. The van der Waals surface area contributed by atoms with E-state index in [0.29, 0.717) is 42.6 Å². The number of amides is 3. The topological polar surface area (TPSA) is 121 Å². The molecule has 0 radical (unpaired) electrons. The largest absolute Gasteiger partial charge is 0.396 e. The number of hydrogen-bond donors (Lipinski definition) is 1. The van der Waals surface area contributed by atoms with Gasteiger partial charge in [0.2, 0.25) is 0 Å². The van der Waals surface area contributed by atoms with Gasteiger partial charge in [0.05, 0.1) is 46.5 Å². The molecule has 1 spiro atoms. The molecule has 4 aliphatic heterocycles. The van der Waals surface area contributed by atoms with Gasteiger partial charge in [-0.15, -0.1) is 5.10 Å². The third kappa shape index (κ3) is 4.96. The van der Waals surface area contributed by atoms with Gasteiger partial charge in [0.15, 0.2) is 5.60 Å². The number of rotatable bonds is 9. The lowest BCUT2D eigenvalue weighted by molar-refractivity contribution is -0.146. The summed E-state index contributed by atoms with van der Waals surface area (Å²) in [4.78, 5) is 48.1. The molecule has 11 nitrogen and oxygen atoms in total. The number of aryl methyl sites for hydroxylation is 1. The fourth-order valence-corrected chi connectivity index (χ4v) is 9.76. The molecule has 3 atom stereocenters. The zero-order valence-corrected chi connectivity index (χ0v) is 31.7. The Bertz CT molecular complexity index is 2860. The van der Waals surface area contributed by atoms with E-state index in [2.05, 4.69) is 17.2 Å². The Morgan fingerprint density at radius 3 is 2.03 bits per heavy atom. The Morgan fingerprint density at radius 2 is 1.38 bits per heavy atom. The molecule has 0 saturated carbocycles. The second-order valence-corrected chi connectivity index (χ2v) is 15.7. The van der Waals surface area contributed by atoms with E-state index >= 15 is 4.79 Å². The molecule has 1 fully saturated rings. The standard InChI is InChI=1S/C47H38N6O5/c1-28-24-35(20-22-50-27-32(21-23-54)48-49-50)58-47(28)38-25-34(53-41-13-5-9-31-7-3-11-37(43(31)41)45(53)56)18-19-39(38)51(46(47)57)26-29-14-16-33(17-15-29)52-40-12-4-8-30-6-2-10-36(42(30)40)44(52)55/h2-19,25,27-28,35,54H,20-24,26H2,1H3/t28-,35+,47+/m0/s1. The molecule has 1 N–H and O–H groups in total. The van der Waals surface area contributed by atoms with E-state index in [9.17, 15) is 14.7 Å². The minimum Gasteiger partial charge on any atom is -0.396 e. The number of aliphatic hydroxyl groups is 1. The average Bonchev–Trinajstić information content (AvgIpc) is 4.03. The van der Waals surface area contributed by atoms with Crippen LogP contribution in [-0.4, -0.2) is 50.5 Å². The van der Waals surface area contributed by atoms with Crippen LogP contribution in [0.25, 0.3) is 21.5 Å². The van der Waals surface area contributed by atoms with Crippen LogP contribution in [0.5, 0.6) is 0 Å². The van der Waals surface area contributed by atoms with Gasteiger partial charge in [0.1, 0.15) is 0 Å². The maximum atomic E-state index is 15.1. The van der Waals surface area contributed by atoms with Gasteiger partial charge in [-0.05, 0) is 83.8 Å². The van der Waals surface area contributed by atoms with Crippen LogP contribution in [0, 0.1) is 5.92 Å². The molecule has 58 heavy (non-hydrogen) atoms. The lowest BCUT2D eigenvalue weighted by atomic mass is 9.82. The number of nitrogens with zero attached hydrogens (tertiary/aromatic N) is 6. The smallest absolute Gasteiger partial charge is 0.264 e. The van der Waals surface area contributed by atoms with Crippen molar-refractivity contribution < 1.29 is 24.2 Å². The lowest BCUT2D eigenvalue weighted by Crippen LogP contribution is -2.43. The molecule has 4 aliphatic rings. The van der Waals surface area contributed by atoms with Crippen molar-refractivity contribution in [1.82, 2.24) is 15.0 Å². The van der Waals surface area contributed by atoms with Crippen molar-refractivity contribution in [2.24, 2.45) is 5.92 Å². The van der Waals surface area contributed by atoms with Crippen molar-refractivity contribution in [2.75, 3.05) is 21.3 Å². The molecule has 7 aromatic rings. The summed E-state index contributed by atoms with van der Waals surface area (Å²) >= 11 is 0. The van der Waals surface area contributed by atoms with E-state index in [1.165, 1.54) is 0 Å². The van der Waals surface area contributed by atoms with Gasteiger partial charge in [0, 0.05) is 59.4 Å². The summed E-state index contributed by atoms with van der Waals surface area (Å²) in [7, 11) is 0. The predicted octanol–water partition coefficient (Wildman–Crippen LogP) is 7.96. The van der Waals surface area contributed by atoms with Gasteiger partial charge in [0.25, 0.3) is 17.7 Å². The van der Waals surface area contributed by atoms with E-state index in [0.717, 1.165) is 61.1 Å². The maximum absolute atomic E-state index is 15.1. The van der Waals surface area contributed by atoms with Crippen LogP contribution in [0.4, 0.5) is 28.4 Å². The molecule has 0 aliphatic carbocycles. The Kier molecular flexibility index (Phi) is 7.70. The van der Waals surface area contributed by atoms with E-state index in [-0.39, 0.29) is 42.9 Å². The van der Waals surface area contributed by atoms with Gasteiger partial charge >= 0.3 is 0 Å². The van der Waals surface area contributed by atoms with Crippen molar-refractivity contribution in [2.45, 2.75) is 51.0 Å². The number of aliphatic hydroxyl groups excluding tert-OH is 1. The second kappa shape index (κ2) is 12.9. The highest BCUT2D eigenvalue weighted by Crippen LogP contribution is 2.55. The van der Waals surface area contributed by atoms with Crippen LogP contribution in [-0.2, 0) is 34.6 Å². The molecule has 11 heteroatoms. The van der Waals surface area contributed by atoms with Crippen LogP contribution in [0.3, 0.4) is 0 Å². The molecule has 1 saturated heterocycles. The van der Waals surface area contributed by atoms with Crippen molar-refractivity contribution in [3.8, 4) is 0 Å². The zero-order chi connectivity index (χ0) is 39.3. The minimum absolute atomic E-state index is 0.00262. The first-order chi connectivity index (χ1) is 28.3. The molecular weight excluding hydrogens is 729 g/mol. The Morgan fingerprint density at radius 1 is 0.759 bits per heavy atom. The summed E-state index contributed by atoms with van der Waals surface area (Å²) in [5.41, 5.74) is 6.29. The van der Waals surface area contributed by atoms with Crippen LogP contribution in [0.2, 0.25) is 0 Å². The number of ether oxygens (including phenoxy) is 1. The Balaban J connectivity index is 0.937. The number of benzene rings is 6. The van der Waals surface area contributed by atoms with Crippen LogP contribution in [0.1, 0.15) is 57.3 Å². The number of fused-ring (bicyclic) bond motifs is 2. The first-order valence-electron chi connectivity index (χ1n) is 19.8. The van der Waals surface area contributed by atoms with E-state index < -0.39 is 5.60 Å². The van der Waals surface area contributed by atoms with Crippen molar-refractivity contribution in [3.63, 3.8) is 0 Å². The van der Waals surface area contributed by atoms with Gasteiger partial charge in [-0.3, -0.25) is 28.9 Å². The van der Waals surface area contributed by atoms with Gasteiger partial charge in [-0.25, -0.2) is 0 Å². The number of carbonyl (C=O) groups excluding carboxylic acids is 3. The quantitative estimate of drug-likeness (QED) is 0.158. The van der Waals surface area contributed by atoms with Crippen molar-refractivity contribution in [3.05, 3.63) is 149 Å². The lowest BCUT2D eigenvalue weighted by Gasteiger charge is -2.29. The fraction of sp³-hybridized carbons (Fsp3) is 0.213. The summed E-state index contributed by atoms with van der Waals surface area (Å²) in [6.45, 7) is 2.91. The molecule has 11 rings (SSSR count). The third-order valence-electron chi connectivity index (χ3n) is 12.4. The molecule has 286 valence electrons. The number of anilines is 5. The molecule has 6 aromatic carbocycles. The van der Waals surface area contributed by atoms with E-state index in [4.69, 9.17) is 4.74 Å². The van der Waals surface area contributed by atoms with Gasteiger partial charge in [-0.1, -0.05) is 72.8 Å². The monoisotopic (exact) mass is 766 g/mol. The highest BCUT2D eigenvalue weighted by atomic mass is 16.5. The number of hydrogen-bond acceptors (Lipinski definition) is 7. The Labute approximate surface area is 333 Å². The van der Waals surface area contributed by atoms with Crippen molar-refractivity contribution >= 4 is 67.7 Å². The van der Waals surface area contributed by atoms with Gasteiger partial charge < -0.3 is 14.7 Å². The molecule has 5 heterocycles. The normalized spacial score (nSPS) is 20.5. The van der Waals surface area contributed by atoms with Crippen LogP contribution >= 0.6 is 0 Å². The predicted molar refractivity (Wildman–Crippen MR) is 221 cm³/mol. The molecule has 0 unspecified atom stereocenters. The maximum Gasteiger partial charge on any atom is 0.264 e. The Hall–Kier alpha value is -6.69. The summed E-state index contributed by atoms with van der Waals surface area (Å²) in [5, 5.41) is 21.6. The summed E-state index contributed by atoms with van der Waals surface area (Å²) in [6, 6.07) is 37.2. The SMILES string of the molecule is C[C@H]1C[C@@H](CCn2cc(CCO)nn2)O[C@]12C(=O)N(Cc1ccc(N3C(=O)c4cccc5cccc3c45)cc1)c1ccc(N3C(=O)c4cccc5cccc3c45)cc12. The second-order valence-electron chi connectivity index (χ2n) is 15.7. The van der Waals surface area contributed by atoms with Gasteiger partial charge in [-0.2, -0.15) is 0 Å². The molecule has 3 amide bonds. The van der Waals surface area contributed by atoms with E-state index in [1.807, 2.05) is 126 Å². The summed E-state index contributed by atoms with van der Waals surface area (Å²) in [5.74, 6) is -0.482. The first-order valence-corrected chi connectivity index (χ1v) is 19.8. The van der Waals surface area contributed by atoms with Crippen LogP contribution in [0.15, 0.2) is 121 Å². The summed E-state index contributed by atoms with van der Waals surface area (Å²) < 4.78 is 8.74. The molecule has 0 bridgehead atoms. The number of aromatic nitrogens is 3. The fourth-order valence-electron chi connectivity index (χ4n) is 9.76. The molecular formula is C47H38N6O5. The third-order valence-corrected chi connectivity index (χ3v) is 12.4. The average molecular weight is 767 g/mol. The first kappa shape index (κ1) is 34.5. The summed E-state index contributed by atoms with van der Waals surface area (Å²) in [6.07, 6.45) is 3.31. The van der Waals surface area contributed by atoms with Crippen LogP contribution < -0.4 is 14.7 Å². The number of carbonyl (C=O) groups is 3. The molecule has 1 aromatic heterocycles. The van der Waals surface area contributed by atoms with E-state index in [1.54, 1.807) is 14.5 Å². The highest BCUT2D eigenvalue weighted by molar-refractivity contribution is 6.29. The zero-order valence-electron chi connectivity index (χ0n) is 31.7. The van der Waals surface area contributed by atoms with Crippen molar-refractivity contribution in [1.29, 1.82) is 0 Å². The minimum atomic E-state index is -1.27.